The summed E-state index contributed by atoms with van der Waals surface area (Å²) in [5, 5.41) is 3.32. The molecular weight excluding hydrogens is 456 g/mol. The number of rotatable bonds is 14. The van der Waals surface area contributed by atoms with Gasteiger partial charge in [0.1, 0.15) is 5.82 Å². The van der Waals surface area contributed by atoms with Crippen LogP contribution in [0.15, 0.2) is 53.4 Å². The number of hydrogen-bond donors (Lipinski definition) is 2. The van der Waals surface area contributed by atoms with E-state index in [-0.39, 0.29) is 11.2 Å². The van der Waals surface area contributed by atoms with Gasteiger partial charge in [-0.3, -0.25) is 4.57 Å². The Kier molecular flexibility index (Phi) is 11.4. The van der Waals surface area contributed by atoms with E-state index in [0.29, 0.717) is 13.0 Å². The predicted octanol–water partition coefficient (Wildman–Crippen LogP) is 6.87. The smallest absolute Gasteiger partial charge is 0.316 e. The Labute approximate surface area is 202 Å². The first-order valence-electron chi connectivity index (χ1n) is 12.1. The summed E-state index contributed by atoms with van der Waals surface area (Å²) in [6.07, 6.45) is 10.0. The van der Waals surface area contributed by atoms with E-state index in [4.69, 9.17) is 4.89 Å². The molecule has 182 valence electrons. The lowest BCUT2D eigenvalue weighted by atomic mass is 9.66. The maximum absolute atomic E-state index is 14.6. The average Bonchev–Trinajstić information content (AvgIpc) is 2.82. The van der Waals surface area contributed by atoms with Crippen LogP contribution in [0, 0.1) is 5.82 Å². The van der Waals surface area contributed by atoms with Crippen LogP contribution in [-0.4, -0.2) is 23.8 Å². The highest BCUT2D eigenvalue weighted by molar-refractivity contribution is 7.99. The van der Waals surface area contributed by atoms with Crippen molar-refractivity contribution in [2.24, 2.45) is 0 Å². The number of nitrogens with one attached hydrogen (secondary N) is 1. The monoisotopic (exact) mass is 493 g/mol. The Morgan fingerprint density at radius 2 is 1.79 bits per heavy atom. The SMILES string of the molecule is O=[PH](O)OCCCNCc1ccc(SCCCCC2(c3ccccc3F)CCCCC2)cc1. The maximum Gasteiger partial charge on any atom is 0.316 e. The van der Waals surface area contributed by atoms with Gasteiger partial charge in [0.2, 0.25) is 0 Å². The predicted molar refractivity (Wildman–Crippen MR) is 136 cm³/mol. The molecule has 1 fully saturated rings. The molecule has 0 aliphatic heterocycles. The summed E-state index contributed by atoms with van der Waals surface area (Å²) < 4.78 is 29.7. The van der Waals surface area contributed by atoms with Gasteiger partial charge in [-0.25, -0.2) is 4.39 Å². The largest absolute Gasteiger partial charge is 0.326 e. The van der Waals surface area contributed by atoms with Gasteiger partial charge < -0.3 is 14.7 Å². The highest BCUT2D eigenvalue weighted by Crippen LogP contribution is 2.44. The molecule has 0 aromatic heterocycles. The van der Waals surface area contributed by atoms with Crippen molar-refractivity contribution in [3.8, 4) is 0 Å². The average molecular weight is 494 g/mol. The first kappa shape index (κ1) is 26.4. The normalized spacial score (nSPS) is 16.5. The highest BCUT2D eigenvalue weighted by atomic mass is 32.2. The van der Waals surface area contributed by atoms with E-state index in [9.17, 15) is 8.96 Å². The molecule has 1 aliphatic rings. The van der Waals surface area contributed by atoms with Crippen molar-refractivity contribution in [1.82, 2.24) is 5.32 Å². The van der Waals surface area contributed by atoms with Gasteiger partial charge >= 0.3 is 8.25 Å². The molecule has 3 rings (SSSR count). The molecule has 33 heavy (non-hydrogen) atoms. The van der Waals surface area contributed by atoms with Gasteiger partial charge in [0.15, 0.2) is 0 Å². The Balaban J connectivity index is 1.36. The van der Waals surface area contributed by atoms with Crippen LogP contribution in [0.1, 0.15) is 68.9 Å². The van der Waals surface area contributed by atoms with Crippen LogP contribution in [0.3, 0.4) is 0 Å². The van der Waals surface area contributed by atoms with E-state index in [2.05, 4.69) is 34.1 Å². The van der Waals surface area contributed by atoms with Gasteiger partial charge in [0.05, 0.1) is 6.61 Å². The van der Waals surface area contributed by atoms with Crippen molar-refractivity contribution in [3.63, 3.8) is 0 Å². The summed E-state index contributed by atoms with van der Waals surface area (Å²) in [6.45, 7) is 1.83. The molecule has 0 saturated heterocycles. The fourth-order valence-electron chi connectivity index (χ4n) is 4.82. The first-order chi connectivity index (χ1) is 16.1. The van der Waals surface area contributed by atoms with Gasteiger partial charge in [-0.2, -0.15) is 0 Å². The summed E-state index contributed by atoms with van der Waals surface area (Å²) in [4.78, 5) is 9.90. The molecule has 1 saturated carbocycles. The third-order valence-corrected chi connectivity index (χ3v) is 8.10. The molecule has 1 atom stereocenters. The van der Waals surface area contributed by atoms with E-state index in [1.54, 1.807) is 12.1 Å². The number of unbranched alkanes of at least 4 members (excludes halogenated alkanes) is 1. The summed E-state index contributed by atoms with van der Waals surface area (Å²) in [5.74, 6) is 1.05. The standard InChI is InChI=1S/C26H37FNO3PS/c27-25-10-3-2-9-24(25)26(15-4-1-5-16-26)17-6-7-20-33-23-13-11-22(12-14-23)21-28-18-8-19-31-32(29)30/h2-3,9-14,28,32H,1,4-8,15-21H2,(H,29,30). The maximum atomic E-state index is 14.6. The van der Waals surface area contributed by atoms with Crippen LogP contribution in [0.2, 0.25) is 0 Å². The summed E-state index contributed by atoms with van der Waals surface area (Å²) in [5.41, 5.74) is 2.20. The molecule has 2 aromatic rings. The van der Waals surface area contributed by atoms with E-state index >= 15 is 0 Å². The Hall–Kier alpha value is -1.17. The molecule has 0 amide bonds. The minimum Gasteiger partial charge on any atom is -0.326 e. The van der Waals surface area contributed by atoms with E-state index in [1.807, 2.05) is 23.9 Å². The second-order valence-electron chi connectivity index (χ2n) is 8.92. The van der Waals surface area contributed by atoms with Crippen LogP contribution in [0.5, 0.6) is 0 Å². The molecule has 0 bridgehead atoms. The molecule has 0 heterocycles. The Morgan fingerprint density at radius 3 is 2.52 bits per heavy atom. The molecular formula is C26H37FNO3PS. The van der Waals surface area contributed by atoms with Crippen LogP contribution >= 0.6 is 20.0 Å². The fourth-order valence-corrected chi connectivity index (χ4v) is 6.05. The fraction of sp³-hybridized carbons (Fsp3) is 0.538. The molecule has 0 spiro atoms. The highest BCUT2D eigenvalue weighted by Gasteiger charge is 2.35. The Morgan fingerprint density at radius 1 is 1.03 bits per heavy atom. The number of benzene rings is 2. The van der Waals surface area contributed by atoms with Crippen LogP contribution < -0.4 is 5.32 Å². The topological polar surface area (TPSA) is 58.6 Å². The van der Waals surface area contributed by atoms with Gasteiger partial charge in [-0.15, -0.1) is 11.8 Å². The second-order valence-corrected chi connectivity index (χ2v) is 10.9. The zero-order chi connectivity index (χ0) is 23.4. The summed E-state index contributed by atoms with van der Waals surface area (Å²) in [7, 11) is -2.81. The van der Waals surface area contributed by atoms with Gasteiger partial charge in [-0.1, -0.05) is 56.0 Å². The molecule has 4 nitrogen and oxygen atoms in total. The molecule has 7 heteroatoms. The summed E-state index contributed by atoms with van der Waals surface area (Å²) >= 11 is 1.89. The lowest BCUT2D eigenvalue weighted by Gasteiger charge is -2.38. The van der Waals surface area contributed by atoms with Gasteiger partial charge in [0.25, 0.3) is 0 Å². The van der Waals surface area contributed by atoms with Crippen molar-refractivity contribution in [2.75, 3.05) is 18.9 Å². The summed E-state index contributed by atoms with van der Waals surface area (Å²) in [6, 6.07) is 16.1. The van der Waals surface area contributed by atoms with E-state index in [0.717, 1.165) is 56.5 Å². The van der Waals surface area contributed by atoms with Crippen molar-refractivity contribution in [3.05, 3.63) is 65.5 Å². The number of thioether (sulfide) groups is 1. The zero-order valence-electron chi connectivity index (χ0n) is 19.4. The van der Waals surface area contributed by atoms with Crippen molar-refractivity contribution in [1.29, 1.82) is 0 Å². The van der Waals surface area contributed by atoms with Gasteiger partial charge in [-0.05, 0) is 79.1 Å². The second kappa shape index (κ2) is 14.3. The minimum absolute atomic E-state index is 0.0286. The lowest BCUT2D eigenvalue weighted by Crippen LogP contribution is -2.30. The molecule has 0 radical (unpaired) electrons. The van der Waals surface area contributed by atoms with Crippen molar-refractivity contribution >= 4 is 20.0 Å². The molecule has 1 unspecified atom stereocenters. The third-order valence-electron chi connectivity index (χ3n) is 6.55. The molecule has 2 aromatic carbocycles. The number of hydrogen-bond acceptors (Lipinski definition) is 4. The van der Waals surface area contributed by atoms with Crippen LogP contribution in [-0.2, 0) is 21.0 Å². The minimum atomic E-state index is -2.81. The quantitative estimate of drug-likeness (QED) is 0.171. The van der Waals surface area contributed by atoms with E-state index in [1.165, 1.54) is 29.7 Å². The molecule has 1 aliphatic carbocycles. The van der Waals surface area contributed by atoms with Crippen molar-refractivity contribution in [2.45, 2.75) is 74.6 Å². The van der Waals surface area contributed by atoms with Gasteiger partial charge in [0, 0.05) is 11.4 Å². The first-order valence-corrected chi connectivity index (χ1v) is 14.4. The number of halogens is 1. The zero-order valence-corrected chi connectivity index (χ0v) is 21.2. The van der Waals surface area contributed by atoms with E-state index < -0.39 is 8.25 Å². The van der Waals surface area contributed by atoms with Crippen LogP contribution in [0.4, 0.5) is 4.39 Å². The Bertz CT molecular complexity index is 859. The van der Waals surface area contributed by atoms with Crippen molar-refractivity contribution < 1.29 is 18.4 Å². The van der Waals surface area contributed by atoms with Crippen LogP contribution in [0.25, 0.3) is 0 Å². The molecule has 2 N–H and O–H groups in total. The lowest BCUT2D eigenvalue weighted by molar-refractivity contribution is 0.260. The third kappa shape index (κ3) is 8.84.